The predicted octanol–water partition coefficient (Wildman–Crippen LogP) is 1.35. The van der Waals surface area contributed by atoms with Crippen molar-refractivity contribution in [1.82, 2.24) is 4.98 Å². The van der Waals surface area contributed by atoms with E-state index < -0.39 is 34.8 Å². The summed E-state index contributed by atoms with van der Waals surface area (Å²) in [7, 11) is 0. The summed E-state index contributed by atoms with van der Waals surface area (Å²) in [5.41, 5.74) is 2.94. The van der Waals surface area contributed by atoms with Crippen molar-refractivity contribution in [3.8, 4) is 0 Å². The van der Waals surface area contributed by atoms with Gasteiger partial charge < -0.3 is 16.0 Å². The number of aromatic amines is 1. The molecule has 9 heteroatoms. The van der Waals surface area contributed by atoms with Crippen molar-refractivity contribution in [2.75, 3.05) is 11.9 Å². The minimum Gasteiger partial charge on any atom is -0.330 e. The average molecular weight is 300 g/mol. The quantitative estimate of drug-likeness (QED) is 0.787. The zero-order valence-corrected chi connectivity index (χ0v) is 10.7. The number of amides is 1. The first-order valence-corrected chi connectivity index (χ1v) is 5.06. The number of rotatable bonds is 3. The van der Waals surface area contributed by atoms with Crippen LogP contribution in [-0.2, 0) is 11.0 Å². The normalized spacial score (nSPS) is 12.5. The molecule has 19 heavy (non-hydrogen) atoms. The van der Waals surface area contributed by atoms with Gasteiger partial charge in [-0.3, -0.25) is 9.59 Å². The lowest BCUT2D eigenvalue weighted by Crippen LogP contribution is -2.29. The monoisotopic (exact) mass is 299 g/mol. The minimum atomic E-state index is -4.59. The average Bonchev–Trinajstić information content (AvgIpc) is 2.29. The second-order valence-electron chi connectivity index (χ2n) is 3.75. The molecule has 0 aliphatic rings. The van der Waals surface area contributed by atoms with Crippen molar-refractivity contribution < 1.29 is 18.0 Å². The summed E-state index contributed by atoms with van der Waals surface area (Å²) < 4.78 is 37.2. The maximum Gasteiger partial charge on any atom is 0.417 e. The van der Waals surface area contributed by atoms with E-state index in [4.69, 9.17) is 5.73 Å². The summed E-state index contributed by atoms with van der Waals surface area (Å²) in [6.45, 7) is 1.53. The van der Waals surface area contributed by atoms with Crippen LogP contribution in [0.25, 0.3) is 0 Å². The van der Waals surface area contributed by atoms with Crippen LogP contribution < -0.4 is 16.6 Å². The van der Waals surface area contributed by atoms with E-state index in [9.17, 15) is 22.8 Å². The number of nitrogens with one attached hydrogen (secondary N) is 2. The molecule has 5 nitrogen and oxygen atoms in total. The summed E-state index contributed by atoms with van der Waals surface area (Å²) in [5.74, 6) is -1.21. The Morgan fingerprint density at radius 2 is 2.11 bits per heavy atom. The highest BCUT2D eigenvalue weighted by Gasteiger charge is 2.31. The lowest BCUT2D eigenvalue weighted by Gasteiger charge is -2.11. The number of aromatic nitrogens is 1. The summed E-state index contributed by atoms with van der Waals surface area (Å²) >= 11 is 0. The Labute approximate surface area is 112 Å². The molecular formula is C10H13ClF3N3O2. The third-order valence-corrected chi connectivity index (χ3v) is 2.29. The highest BCUT2D eigenvalue weighted by atomic mass is 35.5. The number of carbonyl (C=O) groups is 1. The minimum absolute atomic E-state index is 0. The summed E-state index contributed by atoms with van der Waals surface area (Å²) in [6, 6.07) is 0.583. The molecular weight excluding hydrogens is 287 g/mol. The fourth-order valence-electron chi connectivity index (χ4n) is 1.10. The molecule has 1 unspecified atom stereocenters. The SMILES string of the molecule is CC(CN)C(=O)Nc1cc(C(F)(F)F)c[nH]c1=O.Cl. The molecule has 0 saturated carbocycles. The van der Waals surface area contributed by atoms with Crippen LogP contribution in [-0.4, -0.2) is 17.4 Å². The van der Waals surface area contributed by atoms with Crippen molar-refractivity contribution in [3.63, 3.8) is 0 Å². The predicted molar refractivity (Wildman–Crippen MR) is 66.2 cm³/mol. The second kappa shape index (κ2) is 6.58. The Morgan fingerprint density at radius 3 is 2.58 bits per heavy atom. The van der Waals surface area contributed by atoms with Gasteiger partial charge in [-0.25, -0.2) is 0 Å². The Kier molecular flexibility index (Phi) is 6.04. The van der Waals surface area contributed by atoms with E-state index in [1.807, 2.05) is 4.98 Å². The molecule has 0 radical (unpaired) electrons. The Hall–Kier alpha value is -1.54. The fourth-order valence-corrected chi connectivity index (χ4v) is 1.10. The first-order valence-electron chi connectivity index (χ1n) is 5.06. The van der Waals surface area contributed by atoms with Gasteiger partial charge in [0.15, 0.2) is 0 Å². The van der Waals surface area contributed by atoms with E-state index in [0.717, 1.165) is 0 Å². The summed E-state index contributed by atoms with van der Waals surface area (Å²) in [4.78, 5) is 24.6. The molecule has 4 N–H and O–H groups in total. The van der Waals surface area contributed by atoms with Crippen molar-refractivity contribution >= 4 is 24.0 Å². The van der Waals surface area contributed by atoms with Crippen molar-refractivity contribution in [3.05, 3.63) is 28.2 Å². The zero-order chi connectivity index (χ0) is 13.9. The lowest BCUT2D eigenvalue weighted by atomic mass is 10.1. The first kappa shape index (κ1) is 17.5. The zero-order valence-electron chi connectivity index (χ0n) is 9.88. The van der Waals surface area contributed by atoms with E-state index in [0.29, 0.717) is 12.3 Å². The summed E-state index contributed by atoms with van der Waals surface area (Å²) in [5, 5.41) is 2.11. The van der Waals surface area contributed by atoms with Crippen LogP contribution in [0.5, 0.6) is 0 Å². The Bertz CT molecular complexity index is 502. The second-order valence-corrected chi connectivity index (χ2v) is 3.75. The molecule has 1 amide bonds. The van der Waals surface area contributed by atoms with Crippen LogP contribution in [0.1, 0.15) is 12.5 Å². The molecule has 0 aliphatic carbocycles. The van der Waals surface area contributed by atoms with E-state index in [2.05, 4.69) is 5.32 Å². The number of hydrogen-bond donors (Lipinski definition) is 3. The van der Waals surface area contributed by atoms with Gasteiger partial charge in [-0.2, -0.15) is 13.2 Å². The smallest absolute Gasteiger partial charge is 0.330 e. The molecule has 108 valence electrons. The number of halogens is 4. The summed E-state index contributed by atoms with van der Waals surface area (Å²) in [6.07, 6.45) is -4.05. The van der Waals surface area contributed by atoms with Gasteiger partial charge in [0.2, 0.25) is 5.91 Å². The Morgan fingerprint density at radius 1 is 1.53 bits per heavy atom. The van der Waals surface area contributed by atoms with Gasteiger partial charge in [0, 0.05) is 18.7 Å². The largest absolute Gasteiger partial charge is 0.417 e. The molecule has 1 aromatic heterocycles. The van der Waals surface area contributed by atoms with Crippen molar-refractivity contribution in [1.29, 1.82) is 0 Å². The van der Waals surface area contributed by atoms with Crippen LogP contribution in [0.15, 0.2) is 17.1 Å². The molecule has 1 atom stereocenters. The maximum absolute atomic E-state index is 12.4. The first-order chi connectivity index (χ1) is 8.25. The van der Waals surface area contributed by atoms with Gasteiger partial charge in [0.05, 0.1) is 5.56 Å². The van der Waals surface area contributed by atoms with Crippen LogP contribution in [0.3, 0.4) is 0 Å². The number of H-pyrrole nitrogens is 1. The van der Waals surface area contributed by atoms with E-state index in [-0.39, 0.29) is 19.0 Å². The van der Waals surface area contributed by atoms with E-state index in [1.165, 1.54) is 6.92 Å². The van der Waals surface area contributed by atoms with Crippen molar-refractivity contribution in [2.45, 2.75) is 13.1 Å². The van der Waals surface area contributed by atoms with Gasteiger partial charge in [-0.1, -0.05) is 6.92 Å². The van der Waals surface area contributed by atoms with E-state index >= 15 is 0 Å². The third kappa shape index (κ3) is 4.56. The molecule has 0 aliphatic heterocycles. The molecule has 0 aromatic carbocycles. The van der Waals surface area contributed by atoms with Crippen LogP contribution in [0.4, 0.5) is 18.9 Å². The standard InChI is InChI=1S/C10H12F3N3O2.ClH/c1-5(3-14)8(17)16-7-2-6(10(11,12)13)4-15-9(7)18;/h2,4-5H,3,14H2,1H3,(H,15,18)(H,16,17);1H. The molecule has 1 heterocycles. The Balaban J connectivity index is 0.00000324. The highest BCUT2D eigenvalue weighted by Crippen LogP contribution is 2.29. The van der Waals surface area contributed by atoms with Gasteiger partial charge in [0.1, 0.15) is 5.69 Å². The number of hydrogen-bond acceptors (Lipinski definition) is 3. The number of carbonyl (C=O) groups excluding carboxylic acids is 1. The molecule has 1 rings (SSSR count). The maximum atomic E-state index is 12.4. The molecule has 0 spiro atoms. The van der Waals surface area contributed by atoms with Crippen LogP contribution >= 0.6 is 12.4 Å². The van der Waals surface area contributed by atoms with Gasteiger partial charge in [-0.15, -0.1) is 12.4 Å². The van der Waals surface area contributed by atoms with E-state index in [1.54, 1.807) is 0 Å². The topological polar surface area (TPSA) is 88.0 Å². The number of alkyl halides is 3. The fraction of sp³-hybridized carbons (Fsp3) is 0.400. The van der Waals surface area contributed by atoms with Gasteiger partial charge in [0.25, 0.3) is 5.56 Å². The molecule has 0 fully saturated rings. The molecule has 0 saturated heterocycles. The highest BCUT2D eigenvalue weighted by molar-refractivity contribution is 5.92. The number of anilines is 1. The number of nitrogens with two attached hydrogens (primary N) is 1. The third-order valence-electron chi connectivity index (χ3n) is 2.29. The number of pyridine rings is 1. The van der Waals surface area contributed by atoms with Gasteiger partial charge >= 0.3 is 6.18 Å². The molecule has 1 aromatic rings. The van der Waals surface area contributed by atoms with Gasteiger partial charge in [-0.05, 0) is 6.07 Å². The van der Waals surface area contributed by atoms with Crippen LogP contribution in [0.2, 0.25) is 0 Å². The van der Waals surface area contributed by atoms with Crippen molar-refractivity contribution in [2.24, 2.45) is 11.7 Å². The molecule has 0 bridgehead atoms. The lowest BCUT2D eigenvalue weighted by molar-refractivity contribution is -0.137. The van der Waals surface area contributed by atoms with Crippen LogP contribution in [0, 0.1) is 5.92 Å².